The molecule has 2 aromatic rings. The summed E-state index contributed by atoms with van der Waals surface area (Å²) in [6.45, 7) is 18.0. The second kappa shape index (κ2) is 27.8. The maximum absolute atomic E-state index is 14.0. The van der Waals surface area contributed by atoms with Crippen molar-refractivity contribution in [2.75, 3.05) is 26.4 Å². The van der Waals surface area contributed by atoms with Crippen molar-refractivity contribution in [1.82, 2.24) is 0 Å². The fourth-order valence-electron chi connectivity index (χ4n) is 6.84. The molecule has 0 aromatic heterocycles. The zero-order valence-corrected chi connectivity index (χ0v) is 36.2. The summed E-state index contributed by atoms with van der Waals surface area (Å²) in [6, 6.07) is 9.58. The van der Waals surface area contributed by atoms with Crippen LogP contribution >= 0.6 is 0 Å². The summed E-state index contributed by atoms with van der Waals surface area (Å²) in [5.41, 5.74) is 1.54. The number of carbonyl (C=O) groups is 4. The van der Waals surface area contributed by atoms with Gasteiger partial charge in [0.25, 0.3) is 0 Å². The molecule has 2 aromatic carbocycles. The highest BCUT2D eigenvalue weighted by Gasteiger charge is 2.26. The van der Waals surface area contributed by atoms with Gasteiger partial charge >= 0.3 is 23.9 Å². The van der Waals surface area contributed by atoms with Crippen molar-refractivity contribution >= 4 is 23.9 Å². The number of benzene rings is 2. The van der Waals surface area contributed by atoms with E-state index in [1.54, 1.807) is 24.3 Å². The SMILES string of the molecule is CCCCC(CC)COC(=O)c1ccc(-c2ccc(C(=O)OCC(CC)CCCC)cc2C(=O)OCC(CC)CCCC)c(C(=O)OCC(CC)CCCC)c1. The second-order valence-corrected chi connectivity index (χ2v) is 15.6. The van der Waals surface area contributed by atoms with E-state index in [1.165, 1.54) is 12.1 Å². The molecule has 4 atom stereocenters. The third-order valence-electron chi connectivity index (χ3n) is 11.2. The van der Waals surface area contributed by atoms with Crippen molar-refractivity contribution in [2.45, 2.75) is 158 Å². The van der Waals surface area contributed by atoms with E-state index in [1.807, 2.05) is 0 Å². The molecule has 8 heteroatoms. The summed E-state index contributed by atoms with van der Waals surface area (Å²) in [6.07, 6.45) is 15.8. The van der Waals surface area contributed by atoms with E-state index < -0.39 is 23.9 Å². The number of hydrogen-bond donors (Lipinski definition) is 0. The molecule has 0 saturated heterocycles. The molecule has 314 valence electrons. The van der Waals surface area contributed by atoms with E-state index in [0.717, 1.165) is 103 Å². The van der Waals surface area contributed by atoms with Gasteiger partial charge in [-0.15, -0.1) is 0 Å². The van der Waals surface area contributed by atoms with Crippen LogP contribution in [0.4, 0.5) is 0 Å². The predicted octanol–water partition coefficient (Wildman–Crippen LogP) is 12.8. The van der Waals surface area contributed by atoms with Crippen molar-refractivity contribution in [3.8, 4) is 11.1 Å². The van der Waals surface area contributed by atoms with Gasteiger partial charge < -0.3 is 18.9 Å². The first-order valence-electron chi connectivity index (χ1n) is 22.1. The van der Waals surface area contributed by atoms with Gasteiger partial charge in [0, 0.05) is 0 Å². The monoisotopic (exact) mass is 779 g/mol. The van der Waals surface area contributed by atoms with Crippen LogP contribution in [0.25, 0.3) is 11.1 Å². The summed E-state index contributed by atoms with van der Waals surface area (Å²) < 4.78 is 23.4. The third kappa shape index (κ3) is 16.4. The molecule has 0 aliphatic carbocycles. The highest BCUT2D eigenvalue weighted by Crippen LogP contribution is 2.32. The lowest BCUT2D eigenvalue weighted by atomic mass is 9.92. The van der Waals surface area contributed by atoms with Gasteiger partial charge in [-0.25, -0.2) is 19.2 Å². The van der Waals surface area contributed by atoms with Gasteiger partial charge in [-0.2, -0.15) is 0 Å². The lowest BCUT2D eigenvalue weighted by Crippen LogP contribution is -2.18. The summed E-state index contributed by atoms with van der Waals surface area (Å²) in [4.78, 5) is 54.9. The molecule has 0 fully saturated rings. The van der Waals surface area contributed by atoms with Crippen molar-refractivity contribution in [1.29, 1.82) is 0 Å². The van der Waals surface area contributed by atoms with Crippen molar-refractivity contribution in [3.05, 3.63) is 58.7 Å². The predicted molar refractivity (Wildman–Crippen MR) is 226 cm³/mol. The molecular weight excluding hydrogens is 705 g/mol. The summed E-state index contributed by atoms with van der Waals surface area (Å²) in [7, 11) is 0. The van der Waals surface area contributed by atoms with Crippen LogP contribution in [0.15, 0.2) is 36.4 Å². The largest absolute Gasteiger partial charge is 0.462 e. The van der Waals surface area contributed by atoms with E-state index in [9.17, 15) is 19.2 Å². The molecule has 56 heavy (non-hydrogen) atoms. The number of rotatable bonds is 29. The van der Waals surface area contributed by atoms with Gasteiger partial charge in [-0.1, -0.05) is 145 Å². The van der Waals surface area contributed by atoms with Crippen LogP contribution < -0.4 is 0 Å². The van der Waals surface area contributed by atoms with Gasteiger partial charge in [0.1, 0.15) is 0 Å². The fraction of sp³-hybridized carbons (Fsp3) is 0.667. The standard InChI is InChI=1S/C48H74O8/c1-9-17-21-35(13-5)31-53-45(49)39-25-27-41(43(29-39)47(51)55-33-37(15-7)23-19-11-3)42-28-26-40(46(50)54-32-36(14-6)22-18-10-2)30-44(42)48(52)56-34-38(16-8)24-20-12-4/h25-30,35-38H,9-24,31-34H2,1-8H3. The van der Waals surface area contributed by atoms with E-state index >= 15 is 0 Å². The Hall–Kier alpha value is -3.68. The Morgan fingerprint density at radius 3 is 0.929 bits per heavy atom. The van der Waals surface area contributed by atoms with Gasteiger partial charge in [0.15, 0.2) is 0 Å². The smallest absolute Gasteiger partial charge is 0.338 e. The molecule has 4 unspecified atom stereocenters. The number of hydrogen-bond acceptors (Lipinski definition) is 8. The van der Waals surface area contributed by atoms with E-state index in [4.69, 9.17) is 18.9 Å². The van der Waals surface area contributed by atoms with Crippen LogP contribution in [0.1, 0.15) is 200 Å². The van der Waals surface area contributed by atoms with Gasteiger partial charge in [0.2, 0.25) is 0 Å². The molecule has 0 N–H and O–H groups in total. The molecule has 0 spiro atoms. The quantitative estimate of drug-likeness (QED) is 0.0594. The highest BCUT2D eigenvalue weighted by molar-refractivity contribution is 6.06. The average Bonchev–Trinajstić information content (AvgIpc) is 3.23. The molecule has 0 aliphatic heterocycles. The van der Waals surface area contributed by atoms with Crippen LogP contribution in [0.3, 0.4) is 0 Å². The molecule has 0 heterocycles. The molecular formula is C48H74O8. The highest BCUT2D eigenvalue weighted by atomic mass is 16.5. The second-order valence-electron chi connectivity index (χ2n) is 15.6. The molecule has 2 rings (SSSR count). The lowest BCUT2D eigenvalue weighted by Gasteiger charge is -2.19. The molecule has 0 bridgehead atoms. The van der Waals surface area contributed by atoms with Gasteiger partial charge in [-0.05, 0) is 84.7 Å². The minimum absolute atomic E-state index is 0.142. The molecule has 0 amide bonds. The number of esters is 4. The fourth-order valence-corrected chi connectivity index (χ4v) is 6.84. The van der Waals surface area contributed by atoms with Crippen molar-refractivity contribution in [3.63, 3.8) is 0 Å². The van der Waals surface area contributed by atoms with Gasteiger partial charge in [-0.3, -0.25) is 0 Å². The van der Waals surface area contributed by atoms with Crippen LogP contribution in [0.2, 0.25) is 0 Å². The summed E-state index contributed by atoms with van der Waals surface area (Å²) in [5, 5.41) is 0. The first-order valence-corrected chi connectivity index (χ1v) is 22.1. The Morgan fingerprint density at radius 2 is 0.679 bits per heavy atom. The summed E-state index contributed by atoms with van der Waals surface area (Å²) in [5.74, 6) is -1.30. The number of unbranched alkanes of at least 4 members (excludes halogenated alkanes) is 4. The average molecular weight is 779 g/mol. The van der Waals surface area contributed by atoms with E-state index in [0.29, 0.717) is 24.3 Å². The van der Waals surface area contributed by atoms with Crippen LogP contribution in [-0.4, -0.2) is 50.3 Å². The maximum atomic E-state index is 14.0. The van der Waals surface area contributed by atoms with Crippen LogP contribution in [0, 0.1) is 23.7 Å². The lowest BCUT2D eigenvalue weighted by molar-refractivity contribution is 0.0407. The first kappa shape index (κ1) is 48.5. The maximum Gasteiger partial charge on any atom is 0.338 e. The minimum atomic E-state index is -0.593. The zero-order chi connectivity index (χ0) is 41.3. The Labute approximate surface area is 339 Å². The number of carbonyl (C=O) groups excluding carboxylic acids is 4. The van der Waals surface area contributed by atoms with Crippen molar-refractivity contribution < 1.29 is 38.1 Å². The van der Waals surface area contributed by atoms with E-state index in [-0.39, 0.29) is 59.1 Å². The molecule has 0 aliphatic rings. The molecule has 0 saturated carbocycles. The first-order chi connectivity index (χ1) is 27.1. The van der Waals surface area contributed by atoms with Gasteiger partial charge in [0.05, 0.1) is 48.7 Å². The Balaban J connectivity index is 2.63. The molecule has 8 nitrogen and oxygen atoms in total. The minimum Gasteiger partial charge on any atom is -0.462 e. The van der Waals surface area contributed by atoms with Crippen LogP contribution in [0.5, 0.6) is 0 Å². The van der Waals surface area contributed by atoms with Crippen LogP contribution in [-0.2, 0) is 18.9 Å². The van der Waals surface area contributed by atoms with E-state index in [2.05, 4.69) is 55.4 Å². The Bertz CT molecular complexity index is 1360. The third-order valence-corrected chi connectivity index (χ3v) is 11.2. The Kier molecular flexibility index (Phi) is 24.1. The molecule has 0 radical (unpaired) electrons. The zero-order valence-electron chi connectivity index (χ0n) is 36.2. The number of ether oxygens (including phenoxy) is 4. The normalized spacial score (nSPS) is 13.4. The van der Waals surface area contributed by atoms with Crippen molar-refractivity contribution in [2.24, 2.45) is 23.7 Å². The Morgan fingerprint density at radius 1 is 0.411 bits per heavy atom. The summed E-state index contributed by atoms with van der Waals surface area (Å²) >= 11 is 0. The topological polar surface area (TPSA) is 105 Å².